The molecule has 2 amide bonds. The Labute approximate surface area is 244 Å². The first kappa shape index (κ1) is 30.0. The number of rotatable bonds is 8. The number of nitrogens with zero attached hydrogens (tertiary/aromatic N) is 2. The SMILES string of the molecule is C/C(=C\c1ccccc1)C(=O)NCC(=O)N(C)c1ccc(Cl)c(COc2cccc3ccc(C)nc23)c1Cl.Cl. The Bertz CT molecular complexity index is 1520. The predicted octanol–water partition coefficient (Wildman–Crippen LogP) is 7.03. The average molecular weight is 585 g/mol. The van der Waals surface area contributed by atoms with Crippen molar-refractivity contribution in [3.8, 4) is 5.75 Å². The molecular formula is C30H28Cl3N3O3. The molecule has 9 heteroatoms. The number of carbonyl (C=O) groups excluding carboxylic acids is 2. The van der Waals surface area contributed by atoms with Crippen LogP contribution in [0.15, 0.2) is 78.4 Å². The van der Waals surface area contributed by atoms with Crippen LogP contribution in [0.4, 0.5) is 5.69 Å². The number of anilines is 1. The van der Waals surface area contributed by atoms with Crippen LogP contribution in [0.25, 0.3) is 17.0 Å². The van der Waals surface area contributed by atoms with Crippen LogP contribution in [0.3, 0.4) is 0 Å². The highest BCUT2D eigenvalue weighted by molar-refractivity contribution is 6.38. The van der Waals surface area contributed by atoms with Crippen LogP contribution in [-0.4, -0.2) is 30.4 Å². The van der Waals surface area contributed by atoms with E-state index in [4.69, 9.17) is 27.9 Å². The van der Waals surface area contributed by atoms with E-state index in [1.165, 1.54) is 4.90 Å². The van der Waals surface area contributed by atoms with E-state index in [1.54, 1.807) is 32.2 Å². The van der Waals surface area contributed by atoms with Crippen molar-refractivity contribution in [2.75, 3.05) is 18.5 Å². The summed E-state index contributed by atoms with van der Waals surface area (Å²) in [5.41, 5.74) is 4.02. The zero-order chi connectivity index (χ0) is 27.2. The predicted molar refractivity (Wildman–Crippen MR) is 161 cm³/mol. The number of ether oxygens (including phenoxy) is 1. The molecule has 0 aliphatic carbocycles. The van der Waals surface area contributed by atoms with Gasteiger partial charge in [-0.1, -0.05) is 71.7 Å². The van der Waals surface area contributed by atoms with Crippen molar-refractivity contribution < 1.29 is 14.3 Å². The number of benzene rings is 3. The van der Waals surface area contributed by atoms with E-state index in [9.17, 15) is 9.59 Å². The zero-order valence-electron chi connectivity index (χ0n) is 21.7. The van der Waals surface area contributed by atoms with E-state index in [-0.39, 0.29) is 37.4 Å². The van der Waals surface area contributed by atoms with Crippen molar-refractivity contribution in [1.29, 1.82) is 0 Å². The molecule has 1 aromatic heterocycles. The van der Waals surface area contributed by atoms with Crippen molar-refractivity contribution in [2.24, 2.45) is 0 Å². The summed E-state index contributed by atoms with van der Waals surface area (Å²) in [6, 6.07) is 22.5. The number of hydrogen-bond donors (Lipinski definition) is 1. The summed E-state index contributed by atoms with van der Waals surface area (Å²) in [4.78, 5) is 31.4. The molecule has 0 saturated carbocycles. The second-order valence-corrected chi connectivity index (χ2v) is 9.59. The number of pyridine rings is 1. The Morgan fingerprint density at radius 1 is 1.00 bits per heavy atom. The summed E-state index contributed by atoms with van der Waals surface area (Å²) in [5, 5.41) is 4.34. The molecule has 1 heterocycles. The summed E-state index contributed by atoms with van der Waals surface area (Å²) in [6.07, 6.45) is 1.76. The Morgan fingerprint density at radius 3 is 2.49 bits per heavy atom. The van der Waals surface area contributed by atoms with E-state index in [0.29, 0.717) is 32.6 Å². The largest absolute Gasteiger partial charge is 0.487 e. The molecule has 4 rings (SSSR count). The summed E-state index contributed by atoms with van der Waals surface area (Å²) < 4.78 is 6.07. The molecule has 1 N–H and O–H groups in total. The molecule has 0 spiro atoms. The fourth-order valence-corrected chi connectivity index (χ4v) is 4.48. The molecule has 0 fully saturated rings. The van der Waals surface area contributed by atoms with Crippen LogP contribution in [0.1, 0.15) is 23.7 Å². The zero-order valence-corrected chi connectivity index (χ0v) is 24.0. The van der Waals surface area contributed by atoms with E-state index in [2.05, 4.69) is 10.3 Å². The van der Waals surface area contributed by atoms with Gasteiger partial charge < -0.3 is 15.0 Å². The van der Waals surface area contributed by atoms with E-state index < -0.39 is 0 Å². The molecule has 4 aromatic rings. The minimum Gasteiger partial charge on any atom is -0.487 e. The highest BCUT2D eigenvalue weighted by atomic mass is 35.5. The first-order valence-corrected chi connectivity index (χ1v) is 12.7. The molecule has 0 saturated heterocycles. The molecule has 0 aliphatic heterocycles. The van der Waals surface area contributed by atoms with E-state index in [1.807, 2.05) is 67.6 Å². The van der Waals surface area contributed by atoms with E-state index in [0.717, 1.165) is 22.2 Å². The average Bonchev–Trinajstić information content (AvgIpc) is 2.91. The van der Waals surface area contributed by atoms with Crippen LogP contribution in [0, 0.1) is 6.92 Å². The lowest BCUT2D eigenvalue weighted by Gasteiger charge is -2.21. The van der Waals surface area contributed by atoms with Gasteiger partial charge in [-0.25, -0.2) is 4.98 Å². The molecule has 202 valence electrons. The van der Waals surface area contributed by atoms with Crippen LogP contribution in [0.2, 0.25) is 10.0 Å². The fraction of sp³-hybridized carbons (Fsp3) is 0.167. The Balaban J connectivity index is 0.00000420. The normalized spacial score (nSPS) is 11.1. The molecule has 0 bridgehead atoms. The number of aryl methyl sites for hydroxylation is 1. The molecule has 3 aromatic carbocycles. The number of halogens is 3. The number of hydrogen-bond acceptors (Lipinski definition) is 4. The Morgan fingerprint density at radius 2 is 1.74 bits per heavy atom. The van der Waals surface area contributed by atoms with Crippen molar-refractivity contribution in [2.45, 2.75) is 20.5 Å². The second-order valence-electron chi connectivity index (χ2n) is 8.80. The first-order valence-electron chi connectivity index (χ1n) is 12.0. The van der Waals surface area contributed by atoms with Gasteiger partial charge in [-0.05, 0) is 49.8 Å². The molecule has 0 radical (unpaired) electrons. The van der Waals surface area contributed by atoms with Crippen LogP contribution in [0.5, 0.6) is 5.75 Å². The maximum absolute atomic E-state index is 12.9. The van der Waals surface area contributed by atoms with Crippen LogP contribution < -0.4 is 15.0 Å². The lowest BCUT2D eigenvalue weighted by molar-refractivity contribution is -0.122. The van der Waals surface area contributed by atoms with E-state index >= 15 is 0 Å². The van der Waals surface area contributed by atoms with Crippen LogP contribution in [-0.2, 0) is 16.2 Å². The van der Waals surface area contributed by atoms with Gasteiger partial charge in [0.25, 0.3) is 0 Å². The number of likely N-dealkylation sites (N-methyl/N-ethyl adjacent to an activating group) is 1. The second kappa shape index (κ2) is 13.5. The van der Waals surface area contributed by atoms with Gasteiger partial charge in [-0.3, -0.25) is 9.59 Å². The van der Waals surface area contributed by atoms with Gasteiger partial charge in [0.15, 0.2) is 0 Å². The van der Waals surface area contributed by atoms with Crippen molar-refractivity contribution >= 4 is 70.1 Å². The minimum absolute atomic E-state index is 0. The standard InChI is InChI=1S/C30H27Cl2N3O3.ClH/c1-19(16-21-8-5-4-6-9-21)30(37)33-17-27(36)35(3)25-15-14-24(31)23(28(25)32)18-38-26-11-7-10-22-13-12-20(2)34-29(22)26;/h4-16H,17-18H2,1-3H3,(H,33,37);1H/b19-16+;. The summed E-state index contributed by atoms with van der Waals surface area (Å²) in [5.74, 6) is -0.0590. The third kappa shape index (κ3) is 7.30. The maximum atomic E-state index is 12.9. The third-order valence-corrected chi connectivity index (χ3v) is 6.81. The lowest BCUT2D eigenvalue weighted by Crippen LogP contribution is -2.38. The number of fused-ring (bicyclic) bond motifs is 1. The van der Waals surface area contributed by atoms with Gasteiger partial charge in [-0.15, -0.1) is 12.4 Å². The quantitative estimate of drug-likeness (QED) is 0.226. The van der Waals surface area contributed by atoms with Gasteiger partial charge in [0.2, 0.25) is 11.8 Å². The van der Waals surface area contributed by atoms with Gasteiger partial charge in [0.1, 0.15) is 17.9 Å². The number of aromatic nitrogens is 1. The maximum Gasteiger partial charge on any atom is 0.247 e. The molecule has 39 heavy (non-hydrogen) atoms. The van der Waals surface area contributed by atoms with Gasteiger partial charge in [-0.2, -0.15) is 0 Å². The number of amides is 2. The Hall–Kier alpha value is -3.58. The molecule has 0 aliphatic rings. The lowest BCUT2D eigenvalue weighted by atomic mass is 10.1. The Kier molecular flexibility index (Phi) is 10.4. The number of para-hydroxylation sites is 1. The molecule has 0 unspecified atom stereocenters. The molecule has 6 nitrogen and oxygen atoms in total. The summed E-state index contributed by atoms with van der Waals surface area (Å²) >= 11 is 13.1. The number of nitrogens with one attached hydrogen (secondary N) is 1. The van der Waals surface area contributed by atoms with Crippen molar-refractivity contribution in [1.82, 2.24) is 10.3 Å². The number of carbonyl (C=O) groups is 2. The highest BCUT2D eigenvalue weighted by Crippen LogP contribution is 2.35. The smallest absolute Gasteiger partial charge is 0.247 e. The molecule has 0 atom stereocenters. The van der Waals surface area contributed by atoms with Gasteiger partial charge in [0.05, 0.1) is 17.3 Å². The summed E-state index contributed by atoms with van der Waals surface area (Å²) in [7, 11) is 1.60. The van der Waals surface area contributed by atoms with Gasteiger partial charge in [0, 0.05) is 34.3 Å². The van der Waals surface area contributed by atoms with Crippen molar-refractivity contribution in [3.05, 3.63) is 105 Å². The summed E-state index contributed by atoms with van der Waals surface area (Å²) in [6.45, 7) is 3.51. The topological polar surface area (TPSA) is 71.5 Å². The van der Waals surface area contributed by atoms with Crippen molar-refractivity contribution in [3.63, 3.8) is 0 Å². The highest BCUT2D eigenvalue weighted by Gasteiger charge is 2.20. The third-order valence-electron chi connectivity index (χ3n) is 6.04. The minimum atomic E-state index is -0.337. The molecular weight excluding hydrogens is 557 g/mol. The fourth-order valence-electron chi connectivity index (χ4n) is 3.87. The first-order chi connectivity index (χ1) is 18.2. The monoisotopic (exact) mass is 583 g/mol. The van der Waals surface area contributed by atoms with Gasteiger partial charge >= 0.3 is 0 Å². The van der Waals surface area contributed by atoms with Crippen LogP contribution >= 0.6 is 35.6 Å².